The molecule has 0 bridgehead atoms. The number of nitrogens with one attached hydrogen (secondary N) is 2. The number of aromatic nitrogens is 1. The van der Waals surface area contributed by atoms with Gasteiger partial charge in [-0.05, 0) is 32.0 Å². The largest absolute Gasteiger partial charge is 0.496 e. The van der Waals surface area contributed by atoms with Gasteiger partial charge in [-0.3, -0.25) is 4.99 Å². The third kappa shape index (κ3) is 5.96. The van der Waals surface area contributed by atoms with Gasteiger partial charge in [0, 0.05) is 18.2 Å². The number of halogens is 1. The zero-order valence-electron chi connectivity index (χ0n) is 17.1. The summed E-state index contributed by atoms with van der Waals surface area (Å²) in [5.41, 5.74) is 4.03. The number of oxazole rings is 1. The van der Waals surface area contributed by atoms with Crippen LogP contribution >= 0.6 is 24.0 Å². The number of benzene rings is 2. The molecule has 2 aromatic carbocycles. The molecule has 0 amide bonds. The van der Waals surface area contributed by atoms with Crippen LogP contribution < -0.4 is 15.4 Å². The summed E-state index contributed by atoms with van der Waals surface area (Å²) in [6.45, 7) is 4.65. The number of aryl methyl sites for hydroxylation is 1. The summed E-state index contributed by atoms with van der Waals surface area (Å²) in [7, 11) is 3.43. The Labute approximate surface area is 188 Å². The first kappa shape index (κ1) is 22.7. The predicted molar refractivity (Wildman–Crippen MR) is 127 cm³/mol. The van der Waals surface area contributed by atoms with Crippen LogP contribution in [0.5, 0.6) is 5.75 Å². The Morgan fingerprint density at radius 1 is 1.21 bits per heavy atom. The zero-order valence-corrected chi connectivity index (χ0v) is 19.4. The van der Waals surface area contributed by atoms with E-state index in [9.17, 15) is 0 Å². The maximum Gasteiger partial charge on any atom is 0.226 e. The number of methoxy groups -OCH3 is 1. The lowest BCUT2D eigenvalue weighted by atomic mass is 10.0. The van der Waals surface area contributed by atoms with E-state index in [1.165, 1.54) is 5.56 Å². The van der Waals surface area contributed by atoms with Crippen molar-refractivity contribution in [1.82, 2.24) is 15.6 Å². The Kier molecular flexibility index (Phi) is 8.50. The van der Waals surface area contributed by atoms with Gasteiger partial charge in [-0.25, -0.2) is 4.98 Å². The molecule has 0 spiro atoms. The van der Waals surface area contributed by atoms with Crippen LogP contribution in [0.3, 0.4) is 0 Å². The van der Waals surface area contributed by atoms with Gasteiger partial charge in [0.05, 0.1) is 25.4 Å². The molecule has 1 atom stereocenters. The van der Waals surface area contributed by atoms with Crippen LogP contribution in [-0.4, -0.2) is 25.1 Å². The van der Waals surface area contributed by atoms with Crippen molar-refractivity contribution >= 4 is 29.9 Å². The van der Waals surface area contributed by atoms with E-state index in [2.05, 4.69) is 40.5 Å². The maximum absolute atomic E-state index is 5.58. The average molecular weight is 506 g/mol. The molecule has 29 heavy (non-hydrogen) atoms. The van der Waals surface area contributed by atoms with E-state index >= 15 is 0 Å². The molecule has 3 rings (SSSR count). The highest BCUT2D eigenvalue weighted by atomic mass is 127. The van der Waals surface area contributed by atoms with E-state index in [1.807, 2.05) is 42.5 Å². The van der Waals surface area contributed by atoms with Crippen LogP contribution in [0.4, 0.5) is 0 Å². The highest BCUT2D eigenvalue weighted by molar-refractivity contribution is 14.0. The van der Waals surface area contributed by atoms with Crippen LogP contribution in [0.15, 0.2) is 64.2 Å². The summed E-state index contributed by atoms with van der Waals surface area (Å²) < 4.78 is 11.1. The van der Waals surface area contributed by atoms with E-state index in [0.717, 1.165) is 22.6 Å². The molecule has 6 nitrogen and oxygen atoms in total. The summed E-state index contributed by atoms with van der Waals surface area (Å²) >= 11 is 0. The average Bonchev–Trinajstić information content (AvgIpc) is 3.20. The van der Waals surface area contributed by atoms with Gasteiger partial charge >= 0.3 is 0 Å². The highest BCUT2D eigenvalue weighted by Crippen LogP contribution is 2.26. The summed E-state index contributed by atoms with van der Waals surface area (Å²) in [5, 5.41) is 6.67. The third-order valence-electron chi connectivity index (χ3n) is 4.44. The molecule has 0 saturated heterocycles. The van der Waals surface area contributed by atoms with Crippen molar-refractivity contribution in [3.05, 3.63) is 71.6 Å². The first-order valence-electron chi connectivity index (χ1n) is 9.22. The molecule has 0 aliphatic heterocycles. The number of aliphatic imine (C=N–C) groups is 1. The Morgan fingerprint density at radius 3 is 2.66 bits per heavy atom. The predicted octanol–water partition coefficient (Wildman–Crippen LogP) is 4.70. The molecule has 3 aromatic rings. The summed E-state index contributed by atoms with van der Waals surface area (Å²) in [4.78, 5) is 8.84. The van der Waals surface area contributed by atoms with Crippen molar-refractivity contribution in [2.75, 3.05) is 14.2 Å². The maximum atomic E-state index is 5.58. The molecule has 0 aliphatic carbocycles. The Balaban J connectivity index is 0.00000300. The Morgan fingerprint density at radius 2 is 1.97 bits per heavy atom. The number of nitrogens with zero attached hydrogens (tertiary/aromatic N) is 2. The minimum Gasteiger partial charge on any atom is -0.496 e. The molecule has 7 heteroatoms. The molecule has 2 N–H and O–H groups in total. The number of ether oxygens (including phenoxy) is 1. The number of hydrogen-bond acceptors (Lipinski definition) is 4. The molecule has 1 unspecified atom stereocenters. The quantitative estimate of drug-likeness (QED) is 0.288. The molecule has 1 aromatic heterocycles. The number of rotatable bonds is 6. The summed E-state index contributed by atoms with van der Waals surface area (Å²) in [6, 6.07) is 16.0. The lowest BCUT2D eigenvalue weighted by Crippen LogP contribution is -2.38. The normalized spacial score (nSPS) is 12.1. The van der Waals surface area contributed by atoms with E-state index in [4.69, 9.17) is 9.15 Å². The Bertz CT molecular complexity index is 941. The number of hydrogen-bond donors (Lipinski definition) is 2. The number of guanidine groups is 1. The topological polar surface area (TPSA) is 71.7 Å². The van der Waals surface area contributed by atoms with Crippen LogP contribution in [0.25, 0.3) is 11.5 Å². The van der Waals surface area contributed by atoms with Crippen molar-refractivity contribution in [2.45, 2.75) is 26.4 Å². The van der Waals surface area contributed by atoms with Gasteiger partial charge in [-0.15, -0.1) is 24.0 Å². The molecule has 0 saturated carbocycles. The fraction of sp³-hybridized carbons (Fsp3) is 0.273. The second-order valence-corrected chi connectivity index (χ2v) is 6.55. The van der Waals surface area contributed by atoms with Crippen molar-refractivity contribution in [3.8, 4) is 17.2 Å². The molecule has 0 radical (unpaired) electrons. The van der Waals surface area contributed by atoms with E-state index in [1.54, 1.807) is 20.4 Å². The SMILES string of the molecule is CN=C(NCc1coc(-c2ccccc2)n1)NC(C)c1cc(C)ccc1OC.I. The van der Waals surface area contributed by atoms with E-state index in [0.29, 0.717) is 18.4 Å². The first-order chi connectivity index (χ1) is 13.6. The van der Waals surface area contributed by atoms with Crippen LogP contribution in [-0.2, 0) is 6.54 Å². The van der Waals surface area contributed by atoms with Crippen molar-refractivity contribution in [2.24, 2.45) is 4.99 Å². The van der Waals surface area contributed by atoms with Gasteiger partial charge in [-0.2, -0.15) is 0 Å². The Hall–Kier alpha value is -2.55. The third-order valence-corrected chi connectivity index (χ3v) is 4.44. The van der Waals surface area contributed by atoms with E-state index in [-0.39, 0.29) is 30.0 Å². The standard InChI is InChI=1S/C22H26N4O2.HI/c1-15-10-11-20(27-4)19(12-15)16(2)25-22(23-3)24-13-18-14-28-21(26-18)17-8-6-5-7-9-17;/h5-12,14,16H,13H2,1-4H3,(H2,23,24,25);1H. The van der Waals surface area contributed by atoms with Gasteiger partial charge in [0.25, 0.3) is 0 Å². The molecule has 0 aliphatic rings. The van der Waals surface area contributed by atoms with Crippen LogP contribution in [0, 0.1) is 6.92 Å². The van der Waals surface area contributed by atoms with Gasteiger partial charge < -0.3 is 19.8 Å². The zero-order chi connectivity index (χ0) is 19.9. The molecular formula is C22H27IN4O2. The lowest BCUT2D eigenvalue weighted by molar-refractivity contribution is 0.405. The summed E-state index contributed by atoms with van der Waals surface area (Å²) in [6.07, 6.45) is 1.66. The van der Waals surface area contributed by atoms with Crippen LogP contribution in [0.1, 0.15) is 29.8 Å². The van der Waals surface area contributed by atoms with Crippen LogP contribution in [0.2, 0.25) is 0 Å². The van der Waals surface area contributed by atoms with Gasteiger partial charge in [0.1, 0.15) is 12.0 Å². The van der Waals surface area contributed by atoms with Gasteiger partial charge in [0.15, 0.2) is 5.96 Å². The second kappa shape index (κ2) is 10.8. The first-order valence-corrected chi connectivity index (χ1v) is 9.22. The summed E-state index contributed by atoms with van der Waals surface area (Å²) in [5.74, 6) is 2.14. The van der Waals surface area contributed by atoms with Crippen molar-refractivity contribution < 1.29 is 9.15 Å². The minimum atomic E-state index is 0. The fourth-order valence-corrected chi connectivity index (χ4v) is 2.95. The molecule has 1 heterocycles. The lowest BCUT2D eigenvalue weighted by Gasteiger charge is -2.20. The highest BCUT2D eigenvalue weighted by Gasteiger charge is 2.14. The smallest absolute Gasteiger partial charge is 0.226 e. The second-order valence-electron chi connectivity index (χ2n) is 6.55. The van der Waals surface area contributed by atoms with Crippen molar-refractivity contribution in [1.29, 1.82) is 0 Å². The van der Waals surface area contributed by atoms with Gasteiger partial charge in [-0.1, -0.05) is 35.9 Å². The minimum absolute atomic E-state index is 0. The molecular weight excluding hydrogens is 479 g/mol. The van der Waals surface area contributed by atoms with Gasteiger partial charge in [0.2, 0.25) is 5.89 Å². The fourth-order valence-electron chi connectivity index (χ4n) is 2.95. The monoisotopic (exact) mass is 506 g/mol. The molecule has 154 valence electrons. The van der Waals surface area contributed by atoms with Crippen molar-refractivity contribution in [3.63, 3.8) is 0 Å². The molecule has 0 fully saturated rings. The van der Waals surface area contributed by atoms with E-state index < -0.39 is 0 Å².